The monoisotopic (exact) mass is 265 g/mol. The van der Waals surface area contributed by atoms with Gasteiger partial charge in [0.25, 0.3) is 0 Å². The predicted octanol–water partition coefficient (Wildman–Crippen LogP) is 0.539. The lowest BCUT2D eigenvalue weighted by Gasteiger charge is -2.32. The summed E-state index contributed by atoms with van der Waals surface area (Å²) in [5, 5.41) is 8.17. The minimum atomic E-state index is -0.416. The van der Waals surface area contributed by atoms with Crippen LogP contribution in [0, 0.1) is 0 Å². The lowest BCUT2D eigenvalue weighted by atomic mass is 9.85. The molecular weight excluding hydrogens is 245 g/mol. The van der Waals surface area contributed by atoms with Crippen LogP contribution in [0.3, 0.4) is 0 Å². The van der Waals surface area contributed by atoms with Crippen molar-refractivity contribution in [3.8, 4) is 0 Å². The molecule has 2 fully saturated rings. The van der Waals surface area contributed by atoms with Crippen LogP contribution < -0.4 is 5.59 Å². The first-order chi connectivity index (χ1) is 8.91. The quantitative estimate of drug-likeness (QED) is 0.730. The zero-order valence-corrected chi connectivity index (χ0v) is 11.9. The Bertz CT molecular complexity index is 453. The maximum atomic E-state index is 6.04. The summed E-state index contributed by atoms with van der Waals surface area (Å²) >= 11 is 0. The molecule has 19 heavy (non-hydrogen) atoms. The number of aromatic nitrogens is 3. The highest BCUT2D eigenvalue weighted by molar-refractivity contribution is 6.61. The normalized spacial score (nSPS) is 29.1. The van der Waals surface area contributed by atoms with Crippen molar-refractivity contribution < 1.29 is 14.0 Å². The molecule has 7 heteroatoms. The second-order valence-electron chi connectivity index (χ2n) is 6.21. The van der Waals surface area contributed by atoms with Crippen LogP contribution in [0.4, 0.5) is 0 Å². The van der Waals surface area contributed by atoms with Crippen molar-refractivity contribution in [3.05, 3.63) is 6.20 Å². The van der Waals surface area contributed by atoms with Gasteiger partial charge in [-0.2, -0.15) is 0 Å². The van der Waals surface area contributed by atoms with E-state index in [0.29, 0.717) is 6.61 Å². The average Bonchev–Trinajstić information content (AvgIpc) is 3.00. The van der Waals surface area contributed by atoms with Crippen molar-refractivity contribution in [1.82, 2.24) is 15.0 Å². The van der Waals surface area contributed by atoms with Crippen LogP contribution in [0.5, 0.6) is 0 Å². The van der Waals surface area contributed by atoms with Crippen LogP contribution >= 0.6 is 0 Å². The van der Waals surface area contributed by atoms with Crippen LogP contribution in [-0.4, -0.2) is 46.5 Å². The van der Waals surface area contributed by atoms with Gasteiger partial charge in [-0.1, -0.05) is 5.21 Å². The van der Waals surface area contributed by atoms with Crippen LogP contribution in [-0.2, 0) is 14.0 Å². The number of hydrogen-bond donors (Lipinski definition) is 0. The van der Waals surface area contributed by atoms with E-state index in [9.17, 15) is 0 Å². The second kappa shape index (κ2) is 4.29. The van der Waals surface area contributed by atoms with Crippen LogP contribution in [0.2, 0.25) is 0 Å². The Morgan fingerprint density at radius 1 is 1.26 bits per heavy atom. The van der Waals surface area contributed by atoms with E-state index in [1.165, 1.54) is 0 Å². The van der Waals surface area contributed by atoms with E-state index in [4.69, 9.17) is 14.0 Å². The Morgan fingerprint density at radius 3 is 2.53 bits per heavy atom. The molecule has 2 aliphatic heterocycles. The van der Waals surface area contributed by atoms with Gasteiger partial charge in [0.05, 0.1) is 35.6 Å². The van der Waals surface area contributed by atoms with E-state index in [1.807, 2.05) is 32.4 Å². The van der Waals surface area contributed by atoms with Crippen molar-refractivity contribution in [2.45, 2.75) is 51.4 Å². The molecule has 3 heterocycles. The Labute approximate surface area is 113 Å². The molecule has 6 nitrogen and oxygen atoms in total. The fourth-order valence-corrected chi connectivity index (χ4v) is 2.38. The van der Waals surface area contributed by atoms with Crippen molar-refractivity contribution in [1.29, 1.82) is 0 Å². The van der Waals surface area contributed by atoms with Gasteiger partial charge in [-0.25, -0.2) is 4.68 Å². The molecule has 0 N–H and O–H groups in total. The standard InChI is InChI=1S/C12H20BN3O3/c1-11(2)12(3,4)19-13(18-11)10-7-14-15-16(10)9-5-6-17-8-9/h7,9H,5-6,8H2,1-4H3. The van der Waals surface area contributed by atoms with Crippen molar-refractivity contribution >= 4 is 12.7 Å². The number of ether oxygens (including phenoxy) is 1. The van der Waals surface area contributed by atoms with Gasteiger partial charge in [0.2, 0.25) is 0 Å². The van der Waals surface area contributed by atoms with Gasteiger partial charge >= 0.3 is 7.12 Å². The number of nitrogens with zero attached hydrogens (tertiary/aromatic N) is 3. The van der Waals surface area contributed by atoms with E-state index in [1.54, 1.807) is 6.20 Å². The highest BCUT2D eigenvalue weighted by Crippen LogP contribution is 2.36. The minimum absolute atomic E-state index is 0.233. The minimum Gasteiger partial charge on any atom is -0.398 e. The van der Waals surface area contributed by atoms with Gasteiger partial charge < -0.3 is 14.0 Å². The summed E-state index contributed by atoms with van der Waals surface area (Å²) in [6, 6.07) is 0.233. The molecule has 0 radical (unpaired) electrons. The third kappa shape index (κ3) is 2.09. The Balaban J connectivity index is 1.86. The van der Waals surface area contributed by atoms with E-state index in [2.05, 4.69) is 10.3 Å². The summed E-state index contributed by atoms with van der Waals surface area (Å²) in [5.74, 6) is 0. The van der Waals surface area contributed by atoms with Crippen LogP contribution in [0.25, 0.3) is 0 Å². The third-order valence-corrected chi connectivity index (χ3v) is 4.35. The molecule has 2 aliphatic rings. The highest BCUT2D eigenvalue weighted by atomic mass is 16.7. The lowest BCUT2D eigenvalue weighted by Crippen LogP contribution is -2.41. The summed E-state index contributed by atoms with van der Waals surface area (Å²) in [6.07, 6.45) is 2.68. The van der Waals surface area contributed by atoms with Crippen molar-refractivity contribution in [2.24, 2.45) is 0 Å². The van der Waals surface area contributed by atoms with E-state index in [-0.39, 0.29) is 17.2 Å². The molecule has 104 valence electrons. The summed E-state index contributed by atoms with van der Waals surface area (Å²) in [6.45, 7) is 9.61. The van der Waals surface area contributed by atoms with Crippen LogP contribution in [0.1, 0.15) is 40.2 Å². The maximum Gasteiger partial charge on any atom is 0.515 e. The zero-order chi connectivity index (χ0) is 13.7. The molecule has 0 aromatic carbocycles. The molecular formula is C12H20BN3O3. The van der Waals surface area contributed by atoms with Crippen molar-refractivity contribution in [3.63, 3.8) is 0 Å². The fourth-order valence-electron chi connectivity index (χ4n) is 2.38. The summed E-state index contributed by atoms with van der Waals surface area (Å²) in [4.78, 5) is 0. The first kappa shape index (κ1) is 13.1. The third-order valence-electron chi connectivity index (χ3n) is 4.35. The molecule has 1 aromatic rings. The molecule has 0 spiro atoms. The van der Waals surface area contributed by atoms with E-state index < -0.39 is 7.12 Å². The molecule has 0 amide bonds. The molecule has 0 aliphatic carbocycles. The molecule has 0 saturated carbocycles. The van der Waals surface area contributed by atoms with Gasteiger partial charge in [0.1, 0.15) is 0 Å². The van der Waals surface area contributed by atoms with Gasteiger partial charge in [-0.05, 0) is 34.1 Å². The van der Waals surface area contributed by atoms with Gasteiger partial charge in [0.15, 0.2) is 0 Å². The second-order valence-corrected chi connectivity index (χ2v) is 6.21. The SMILES string of the molecule is CC1(C)OB(c2cnnn2C2CCOC2)OC1(C)C. The molecule has 0 bridgehead atoms. The summed E-state index contributed by atoms with van der Waals surface area (Å²) < 4.78 is 19.4. The largest absolute Gasteiger partial charge is 0.515 e. The highest BCUT2D eigenvalue weighted by Gasteiger charge is 2.53. The van der Waals surface area contributed by atoms with Gasteiger partial charge in [-0.15, -0.1) is 5.10 Å². The maximum absolute atomic E-state index is 6.04. The zero-order valence-electron chi connectivity index (χ0n) is 11.9. The lowest BCUT2D eigenvalue weighted by molar-refractivity contribution is 0.00578. The molecule has 1 aromatic heterocycles. The van der Waals surface area contributed by atoms with Crippen molar-refractivity contribution in [2.75, 3.05) is 13.2 Å². The molecule has 2 saturated heterocycles. The molecule has 3 rings (SSSR count). The first-order valence-electron chi connectivity index (χ1n) is 6.74. The number of hydrogen-bond acceptors (Lipinski definition) is 5. The topological polar surface area (TPSA) is 58.4 Å². The first-order valence-corrected chi connectivity index (χ1v) is 6.74. The summed E-state index contributed by atoms with van der Waals surface area (Å²) in [7, 11) is -0.416. The predicted molar refractivity (Wildman–Crippen MR) is 70.2 cm³/mol. The Kier molecular flexibility index (Phi) is 2.96. The Hall–Kier alpha value is -0.915. The van der Waals surface area contributed by atoms with Crippen LogP contribution in [0.15, 0.2) is 6.20 Å². The summed E-state index contributed by atoms with van der Waals surface area (Å²) in [5.41, 5.74) is 0.173. The van der Waals surface area contributed by atoms with Gasteiger partial charge in [0, 0.05) is 6.61 Å². The average molecular weight is 265 g/mol. The molecule has 1 unspecified atom stereocenters. The van der Waals surface area contributed by atoms with E-state index in [0.717, 1.165) is 18.6 Å². The number of rotatable bonds is 2. The molecule has 1 atom stereocenters. The Morgan fingerprint density at radius 2 is 1.95 bits per heavy atom. The van der Waals surface area contributed by atoms with Gasteiger partial charge in [-0.3, -0.25) is 0 Å². The van der Waals surface area contributed by atoms with E-state index >= 15 is 0 Å². The fraction of sp³-hybridized carbons (Fsp3) is 0.833. The smallest absolute Gasteiger partial charge is 0.398 e.